The van der Waals surface area contributed by atoms with Gasteiger partial charge in [-0.2, -0.15) is 0 Å². The van der Waals surface area contributed by atoms with Crippen LogP contribution in [0.4, 0.5) is 5.69 Å². The number of ether oxygens (including phenoxy) is 1. The van der Waals surface area contributed by atoms with E-state index in [-0.39, 0.29) is 6.04 Å². The van der Waals surface area contributed by atoms with Gasteiger partial charge in [0, 0.05) is 24.7 Å². The number of hydrogen-bond acceptors (Lipinski definition) is 4. The summed E-state index contributed by atoms with van der Waals surface area (Å²) in [5.74, 6) is 1.34. The first-order valence-electron chi connectivity index (χ1n) is 10.3. The molecule has 4 heteroatoms. The van der Waals surface area contributed by atoms with E-state index in [4.69, 9.17) is 4.74 Å². The SMILES string of the molecule is COc1ccc(C2NNC3c4ccccc4N(Cc4cccc(C)c4)CC23)cc1. The first kappa shape index (κ1) is 18.2. The van der Waals surface area contributed by atoms with Gasteiger partial charge < -0.3 is 9.64 Å². The fourth-order valence-corrected chi connectivity index (χ4v) is 4.82. The van der Waals surface area contributed by atoms with Crippen molar-refractivity contribution in [3.05, 3.63) is 95.1 Å². The molecular weight excluding hydrogens is 358 g/mol. The van der Waals surface area contributed by atoms with Gasteiger partial charge in [0.15, 0.2) is 0 Å². The number of rotatable bonds is 4. The van der Waals surface area contributed by atoms with Gasteiger partial charge in [-0.15, -0.1) is 0 Å². The van der Waals surface area contributed by atoms with Gasteiger partial charge >= 0.3 is 0 Å². The second-order valence-corrected chi connectivity index (χ2v) is 8.11. The molecule has 29 heavy (non-hydrogen) atoms. The Morgan fingerprint density at radius 1 is 0.931 bits per heavy atom. The molecule has 148 valence electrons. The number of fused-ring (bicyclic) bond motifs is 3. The van der Waals surface area contributed by atoms with Crippen molar-refractivity contribution < 1.29 is 4.74 Å². The average molecular weight is 386 g/mol. The summed E-state index contributed by atoms with van der Waals surface area (Å²) in [5, 5.41) is 0. The molecule has 2 aliphatic heterocycles. The van der Waals surface area contributed by atoms with Gasteiger partial charge in [-0.3, -0.25) is 0 Å². The summed E-state index contributed by atoms with van der Waals surface area (Å²) in [6, 6.07) is 26.7. The Hall–Kier alpha value is -2.82. The zero-order valence-electron chi connectivity index (χ0n) is 16.9. The summed E-state index contributed by atoms with van der Waals surface area (Å²) in [6.45, 7) is 4.10. The summed E-state index contributed by atoms with van der Waals surface area (Å²) in [7, 11) is 1.71. The smallest absolute Gasteiger partial charge is 0.118 e. The molecule has 5 rings (SSSR count). The molecule has 2 N–H and O–H groups in total. The molecule has 2 aliphatic rings. The molecule has 3 atom stereocenters. The van der Waals surface area contributed by atoms with E-state index in [0.717, 1.165) is 18.8 Å². The predicted molar refractivity (Wildman–Crippen MR) is 117 cm³/mol. The number of hydrazine groups is 1. The number of methoxy groups -OCH3 is 1. The highest BCUT2D eigenvalue weighted by atomic mass is 16.5. The summed E-state index contributed by atoms with van der Waals surface area (Å²) >= 11 is 0. The molecule has 4 nitrogen and oxygen atoms in total. The monoisotopic (exact) mass is 385 g/mol. The van der Waals surface area contributed by atoms with E-state index in [0.29, 0.717) is 12.0 Å². The largest absolute Gasteiger partial charge is 0.497 e. The van der Waals surface area contributed by atoms with Crippen molar-refractivity contribution in [1.82, 2.24) is 10.9 Å². The van der Waals surface area contributed by atoms with Crippen LogP contribution in [0.3, 0.4) is 0 Å². The number of nitrogens with zero attached hydrogens (tertiary/aromatic N) is 1. The van der Waals surface area contributed by atoms with Crippen LogP contribution in [0.1, 0.15) is 34.3 Å². The van der Waals surface area contributed by atoms with Crippen molar-refractivity contribution in [2.75, 3.05) is 18.6 Å². The minimum atomic E-state index is 0.263. The van der Waals surface area contributed by atoms with Gasteiger partial charge in [0.2, 0.25) is 0 Å². The third kappa shape index (κ3) is 3.39. The summed E-state index contributed by atoms with van der Waals surface area (Å²) < 4.78 is 5.33. The molecular formula is C25H27N3O. The van der Waals surface area contributed by atoms with E-state index < -0.39 is 0 Å². The van der Waals surface area contributed by atoms with Crippen LogP contribution in [-0.2, 0) is 6.54 Å². The van der Waals surface area contributed by atoms with Crippen LogP contribution in [0.15, 0.2) is 72.8 Å². The van der Waals surface area contributed by atoms with Crippen molar-refractivity contribution >= 4 is 5.69 Å². The van der Waals surface area contributed by atoms with Gasteiger partial charge in [-0.25, -0.2) is 10.9 Å². The third-order valence-corrected chi connectivity index (χ3v) is 6.23. The summed E-state index contributed by atoms with van der Waals surface area (Å²) in [5.41, 5.74) is 13.8. The summed E-state index contributed by atoms with van der Waals surface area (Å²) in [4.78, 5) is 2.54. The van der Waals surface area contributed by atoms with E-state index in [1.165, 1.54) is 27.9 Å². The lowest BCUT2D eigenvalue weighted by atomic mass is 9.82. The van der Waals surface area contributed by atoms with Gasteiger partial charge in [-0.1, -0.05) is 60.2 Å². The van der Waals surface area contributed by atoms with Crippen molar-refractivity contribution in [2.24, 2.45) is 5.92 Å². The van der Waals surface area contributed by atoms with Gasteiger partial charge in [0.1, 0.15) is 5.75 Å². The standard InChI is InChI=1S/C25H27N3O/c1-17-6-5-7-18(14-17)15-28-16-22-24(19-10-12-20(29-2)13-11-19)26-27-25(22)21-8-3-4-9-23(21)28/h3-14,22,24-27H,15-16H2,1-2H3. The molecule has 3 unspecified atom stereocenters. The Kier molecular flexibility index (Phi) is 4.74. The molecule has 0 aliphatic carbocycles. The number of aryl methyl sites for hydroxylation is 1. The molecule has 1 fully saturated rings. The molecule has 1 saturated heterocycles. The van der Waals surface area contributed by atoms with Gasteiger partial charge in [0.25, 0.3) is 0 Å². The maximum atomic E-state index is 5.33. The number of hydrogen-bond donors (Lipinski definition) is 2. The summed E-state index contributed by atoms with van der Waals surface area (Å²) in [6.07, 6.45) is 0. The number of anilines is 1. The van der Waals surface area contributed by atoms with Crippen molar-refractivity contribution in [3.63, 3.8) is 0 Å². The van der Waals surface area contributed by atoms with Crippen LogP contribution in [0.25, 0.3) is 0 Å². The number of para-hydroxylation sites is 1. The highest BCUT2D eigenvalue weighted by Crippen LogP contribution is 2.45. The molecule has 0 spiro atoms. The fraction of sp³-hybridized carbons (Fsp3) is 0.280. The van der Waals surface area contributed by atoms with E-state index in [9.17, 15) is 0 Å². The molecule has 0 amide bonds. The van der Waals surface area contributed by atoms with Gasteiger partial charge in [-0.05, 0) is 41.8 Å². The van der Waals surface area contributed by atoms with E-state index in [1.807, 2.05) is 12.1 Å². The number of benzene rings is 3. The lowest BCUT2D eigenvalue weighted by Gasteiger charge is -2.39. The first-order chi connectivity index (χ1) is 14.2. The van der Waals surface area contributed by atoms with E-state index >= 15 is 0 Å². The normalized spacial score (nSPS) is 22.8. The molecule has 3 aromatic rings. The molecule has 0 radical (unpaired) electrons. The highest BCUT2D eigenvalue weighted by Gasteiger charge is 2.43. The third-order valence-electron chi connectivity index (χ3n) is 6.23. The van der Waals surface area contributed by atoms with Crippen molar-refractivity contribution in [1.29, 1.82) is 0 Å². The highest BCUT2D eigenvalue weighted by molar-refractivity contribution is 5.58. The Bertz CT molecular complexity index is 1000. The fourth-order valence-electron chi connectivity index (χ4n) is 4.82. The lowest BCUT2D eigenvalue weighted by molar-refractivity contribution is 0.400. The minimum absolute atomic E-state index is 0.263. The van der Waals surface area contributed by atoms with Crippen LogP contribution in [0, 0.1) is 12.8 Å². The second-order valence-electron chi connectivity index (χ2n) is 8.11. The first-order valence-corrected chi connectivity index (χ1v) is 10.3. The maximum absolute atomic E-state index is 5.33. The van der Waals surface area contributed by atoms with E-state index in [2.05, 4.69) is 83.3 Å². The predicted octanol–water partition coefficient (Wildman–Crippen LogP) is 4.53. The van der Waals surface area contributed by atoms with Crippen LogP contribution in [0.2, 0.25) is 0 Å². The van der Waals surface area contributed by atoms with Crippen molar-refractivity contribution in [3.8, 4) is 5.75 Å². The Morgan fingerprint density at radius 2 is 1.72 bits per heavy atom. The maximum Gasteiger partial charge on any atom is 0.118 e. The van der Waals surface area contributed by atoms with Crippen LogP contribution < -0.4 is 20.5 Å². The Balaban J connectivity index is 1.47. The van der Waals surface area contributed by atoms with Crippen molar-refractivity contribution in [2.45, 2.75) is 25.6 Å². The molecule has 0 bridgehead atoms. The van der Waals surface area contributed by atoms with E-state index in [1.54, 1.807) is 7.11 Å². The zero-order valence-corrected chi connectivity index (χ0v) is 16.9. The average Bonchev–Trinajstić information content (AvgIpc) is 3.18. The zero-order chi connectivity index (χ0) is 19.8. The van der Waals surface area contributed by atoms with Gasteiger partial charge in [0.05, 0.1) is 19.2 Å². The molecule has 0 aromatic heterocycles. The Morgan fingerprint density at radius 3 is 2.52 bits per heavy atom. The lowest BCUT2D eigenvalue weighted by Crippen LogP contribution is -2.39. The molecule has 3 aromatic carbocycles. The minimum Gasteiger partial charge on any atom is -0.497 e. The molecule has 0 saturated carbocycles. The topological polar surface area (TPSA) is 36.5 Å². The second kappa shape index (κ2) is 7.54. The van der Waals surface area contributed by atoms with Crippen LogP contribution in [-0.4, -0.2) is 13.7 Å². The quantitative estimate of drug-likeness (QED) is 0.692. The molecule has 2 heterocycles. The number of nitrogens with one attached hydrogen (secondary N) is 2. The Labute approximate surface area is 172 Å². The van der Waals surface area contributed by atoms with Crippen LogP contribution >= 0.6 is 0 Å². The van der Waals surface area contributed by atoms with Crippen LogP contribution in [0.5, 0.6) is 5.75 Å².